The lowest BCUT2D eigenvalue weighted by atomic mass is 9.81. The molecule has 0 aliphatic carbocycles. The standard InChI is InChI=1S/C19H34N2O/c1-6-8-22-18-9-13(3)19(15(5)14(18)4)17(7-2)10-16(11-20)12-21/h9,16-17H,6-8,10-12,20-21H2,1-5H3. The molecule has 0 fully saturated rings. The third-order valence-electron chi connectivity index (χ3n) is 4.76. The van der Waals surface area contributed by atoms with E-state index in [0.29, 0.717) is 24.9 Å². The predicted molar refractivity (Wildman–Crippen MR) is 95.7 cm³/mol. The Balaban J connectivity index is 3.14. The minimum Gasteiger partial charge on any atom is -0.493 e. The highest BCUT2D eigenvalue weighted by atomic mass is 16.5. The van der Waals surface area contributed by atoms with Crippen LogP contribution < -0.4 is 16.2 Å². The van der Waals surface area contributed by atoms with Crippen LogP contribution in [0.15, 0.2) is 6.07 Å². The van der Waals surface area contributed by atoms with Crippen LogP contribution in [0, 0.1) is 26.7 Å². The Labute approximate surface area is 136 Å². The maximum absolute atomic E-state index is 5.90. The zero-order valence-corrected chi connectivity index (χ0v) is 15.0. The second-order valence-corrected chi connectivity index (χ2v) is 6.38. The van der Waals surface area contributed by atoms with Crippen LogP contribution >= 0.6 is 0 Å². The van der Waals surface area contributed by atoms with E-state index < -0.39 is 0 Å². The van der Waals surface area contributed by atoms with Crippen molar-refractivity contribution < 1.29 is 4.74 Å². The number of benzene rings is 1. The molecule has 3 heteroatoms. The first-order valence-corrected chi connectivity index (χ1v) is 8.63. The molecule has 3 nitrogen and oxygen atoms in total. The van der Waals surface area contributed by atoms with Gasteiger partial charge in [0.15, 0.2) is 0 Å². The van der Waals surface area contributed by atoms with Gasteiger partial charge in [0.2, 0.25) is 0 Å². The van der Waals surface area contributed by atoms with Gasteiger partial charge in [0, 0.05) is 0 Å². The summed E-state index contributed by atoms with van der Waals surface area (Å²) in [6.45, 7) is 13.1. The lowest BCUT2D eigenvalue weighted by Gasteiger charge is -2.26. The molecule has 0 aliphatic heterocycles. The molecular weight excluding hydrogens is 272 g/mol. The van der Waals surface area contributed by atoms with Crippen molar-refractivity contribution in [2.75, 3.05) is 19.7 Å². The normalized spacial score (nSPS) is 12.7. The second-order valence-electron chi connectivity index (χ2n) is 6.38. The van der Waals surface area contributed by atoms with E-state index in [2.05, 4.69) is 40.7 Å². The lowest BCUT2D eigenvalue weighted by molar-refractivity contribution is 0.314. The molecule has 22 heavy (non-hydrogen) atoms. The molecule has 1 aromatic carbocycles. The van der Waals surface area contributed by atoms with Gasteiger partial charge in [0.25, 0.3) is 0 Å². The van der Waals surface area contributed by atoms with Crippen LogP contribution in [0.25, 0.3) is 0 Å². The maximum Gasteiger partial charge on any atom is 0.122 e. The van der Waals surface area contributed by atoms with E-state index >= 15 is 0 Å². The van der Waals surface area contributed by atoms with Crippen LogP contribution in [0.3, 0.4) is 0 Å². The number of hydrogen-bond acceptors (Lipinski definition) is 3. The third kappa shape index (κ3) is 4.47. The van der Waals surface area contributed by atoms with Crippen LogP contribution in [0.4, 0.5) is 0 Å². The smallest absolute Gasteiger partial charge is 0.122 e. The first-order valence-electron chi connectivity index (χ1n) is 8.63. The molecule has 1 aromatic rings. The molecule has 1 atom stereocenters. The largest absolute Gasteiger partial charge is 0.493 e. The van der Waals surface area contributed by atoms with Gasteiger partial charge in [0.05, 0.1) is 6.61 Å². The maximum atomic E-state index is 5.90. The molecule has 0 radical (unpaired) electrons. The van der Waals surface area contributed by atoms with Gasteiger partial charge in [-0.1, -0.05) is 13.8 Å². The van der Waals surface area contributed by atoms with Crippen LogP contribution in [0.1, 0.15) is 61.3 Å². The number of nitrogens with two attached hydrogens (primary N) is 2. The summed E-state index contributed by atoms with van der Waals surface area (Å²) < 4.78 is 5.90. The highest BCUT2D eigenvalue weighted by molar-refractivity contribution is 5.49. The number of ether oxygens (including phenoxy) is 1. The molecule has 4 N–H and O–H groups in total. The quantitative estimate of drug-likeness (QED) is 0.729. The topological polar surface area (TPSA) is 61.3 Å². The minimum atomic E-state index is 0.403. The fourth-order valence-electron chi connectivity index (χ4n) is 3.23. The number of hydrogen-bond donors (Lipinski definition) is 2. The van der Waals surface area contributed by atoms with E-state index in [0.717, 1.165) is 31.6 Å². The second kappa shape index (κ2) is 9.16. The molecule has 0 amide bonds. The van der Waals surface area contributed by atoms with Crippen molar-refractivity contribution in [2.45, 2.75) is 59.8 Å². The zero-order valence-electron chi connectivity index (χ0n) is 15.0. The van der Waals surface area contributed by atoms with Crippen LogP contribution in [-0.2, 0) is 0 Å². The van der Waals surface area contributed by atoms with Crippen LogP contribution in [0.5, 0.6) is 5.75 Å². The summed E-state index contributed by atoms with van der Waals surface area (Å²) in [7, 11) is 0. The van der Waals surface area contributed by atoms with Gasteiger partial charge in [0.1, 0.15) is 5.75 Å². The van der Waals surface area contributed by atoms with Crippen molar-refractivity contribution in [1.82, 2.24) is 0 Å². The van der Waals surface area contributed by atoms with E-state index in [-0.39, 0.29) is 0 Å². The van der Waals surface area contributed by atoms with Gasteiger partial charge in [-0.15, -0.1) is 0 Å². The SMILES string of the molecule is CCCOc1cc(C)c(C(CC)CC(CN)CN)c(C)c1C. The lowest BCUT2D eigenvalue weighted by Crippen LogP contribution is -2.25. The molecule has 0 bridgehead atoms. The molecule has 126 valence electrons. The van der Waals surface area contributed by atoms with Crippen molar-refractivity contribution in [3.05, 3.63) is 28.3 Å². The van der Waals surface area contributed by atoms with E-state index in [9.17, 15) is 0 Å². The Morgan fingerprint density at radius 2 is 1.68 bits per heavy atom. The Bertz CT molecular complexity index is 467. The molecule has 0 spiro atoms. The first-order chi connectivity index (χ1) is 10.5. The van der Waals surface area contributed by atoms with E-state index in [1.807, 2.05) is 0 Å². The molecule has 0 saturated heterocycles. The summed E-state index contributed by atoms with van der Waals surface area (Å²) in [6, 6.07) is 2.20. The molecule has 0 heterocycles. The van der Waals surface area contributed by atoms with Crippen molar-refractivity contribution >= 4 is 0 Å². The van der Waals surface area contributed by atoms with Crippen molar-refractivity contribution in [3.8, 4) is 5.75 Å². The van der Waals surface area contributed by atoms with Gasteiger partial charge in [-0.3, -0.25) is 0 Å². The Morgan fingerprint density at radius 3 is 2.18 bits per heavy atom. The summed E-state index contributed by atoms with van der Waals surface area (Å²) in [5.74, 6) is 1.96. The molecule has 0 aromatic heterocycles. The average Bonchev–Trinajstić information content (AvgIpc) is 2.52. The fraction of sp³-hybridized carbons (Fsp3) is 0.684. The highest BCUT2D eigenvalue weighted by Crippen LogP contribution is 2.36. The van der Waals surface area contributed by atoms with E-state index in [1.165, 1.54) is 22.3 Å². The summed E-state index contributed by atoms with van der Waals surface area (Å²) in [4.78, 5) is 0. The van der Waals surface area contributed by atoms with Crippen LogP contribution in [-0.4, -0.2) is 19.7 Å². The van der Waals surface area contributed by atoms with E-state index in [1.54, 1.807) is 0 Å². The fourth-order valence-corrected chi connectivity index (χ4v) is 3.23. The van der Waals surface area contributed by atoms with Crippen molar-refractivity contribution in [2.24, 2.45) is 17.4 Å². The first kappa shape index (κ1) is 19.0. The zero-order chi connectivity index (χ0) is 16.7. The minimum absolute atomic E-state index is 0.403. The predicted octanol–water partition coefficient (Wildman–Crippen LogP) is 3.82. The average molecular weight is 306 g/mol. The molecular formula is C19H34N2O. The highest BCUT2D eigenvalue weighted by Gasteiger charge is 2.21. The summed E-state index contributed by atoms with van der Waals surface area (Å²) in [5, 5.41) is 0. The van der Waals surface area contributed by atoms with Gasteiger partial charge in [-0.05, 0) is 93.3 Å². The van der Waals surface area contributed by atoms with Gasteiger partial charge >= 0.3 is 0 Å². The summed E-state index contributed by atoms with van der Waals surface area (Å²) in [6.07, 6.45) is 3.22. The van der Waals surface area contributed by atoms with Crippen molar-refractivity contribution in [3.63, 3.8) is 0 Å². The molecule has 0 saturated carbocycles. The molecule has 1 unspecified atom stereocenters. The number of aryl methyl sites for hydroxylation is 1. The van der Waals surface area contributed by atoms with E-state index in [4.69, 9.17) is 16.2 Å². The third-order valence-corrected chi connectivity index (χ3v) is 4.76. The monoisotopic (exact) mass is 306 g/mol. The van der Waals surface area contributed by atoms with Crippen molar-refractivity contribution in [1.29, 1.82) is 0 Å². The Hall–Kier alpha value is -1.06. The molecule has 0 aliphatic rings. The van der Waals surface area contributed by atoms with Gasteiger partial charge < -0.3 is 16.2 Å². The Kier molecular flexibility index (Phi) is 7.91. The summed E-state index contributed by atoms with van der Waals surface area (Å²) >= 11 is 0. The van der Waals surface area contributed by atoms with Gasteiger partial charge in [-0.2, -0.15) is 0 Å². The van der Waals surface area contributed by atoms with Crippen LogP contribution in [0.2, 0.25) is 0 Å². The number of rotatable bonds is 9. The molecule has 1 rings (SSSR count). The summed E-state index contributed by atoms with van der Waals surface area (Å²) in [5.41, 5.74) is 17.1. The Morgan fingerprint density at radius 1 is 1.05 bits per heavy atom. The van der Waals surface area contributed by atoms with Gasteiger partial charge in [-0.25, -0.2) is 0 Å².